The van der Waals surface area contributed by atoms with Gasteiger partial charge in [0.2, 0.25) is 10.0 Å². The van der Waals surface area contributed by atoms with Gasteiger partial charge in [-0.15, -0.1) is 0 Å². The molecule has 0 unspecified atom stereocenters. The van der Waals surface area contributed by atoms with Crippen molar-refractivity contribution < 1.29 is 22.8 Å². The quantitative estimate of drug-likeness (QED) is 0.734. The van der Waals surface area contributed by atoms with E-state index in [2.05, 4.69) is 0 Å². The van der Waals surface area contributed by atoms with E-state index >= 15 is 0 Å². The maximum Gasteiger partial charge on any atom is 0.243 e. The van der Waals surface area contributed by atoms with Gasteiger partial charge in [0, 0.05) is 0 Å². The van der Waals surface area contributed by atoms with E-state index in [0.29, 0.717) is 24.6 Å². The number of sulfonamides is 1. The molecule has 0 saturated carbocycles. The van der Waals surface area contributed by atoms with E-state index in [-0.39, 0.29) is 0 Å². The Morgan fingerprint density at radius 3 is 2.38 bits per heavy atom. The molecule has 1 fully saturated rings. The van der Waals surface area contributed by atoms with E-state index in [0.717, 1.165) is 50.4 Å². The minimum Gasteiger partial charge on any atom is -0.497 e. The molecule has 4 rings (SSSR count). The predicted molar refractivity (Wildman–Crippen MR) is 111 cm³/mol. The van der Waals surface area contributed by atoms with Crippen LogP contribution < -0.4 is 14.4 Å². The molecule has 2 aromatic rings. The minimum absolute atomic E-state index is 0.449. The lowest BCUT2D eigenvalue weighted by Gasteiger charge is -2.31. The summed E-state index contributed by atoms with van der Waals surface area (Å²) in [6.07, 6.45) is 3.18. The molecular weight excluding hydrogens is 388 g/mol. The zero-order valence-electron chi connectivity index (χ0n) is 16.9. The van der Waals surface area contributed by atoms with Crippen molar-refractivity contribution in [2.45, 2.75) is 24.2 Å². The number of nitrogens with one attached hydrogen (secondary N) is 1. The standard InChI is InChI=1S/C22H28N2O4S/c1-27-20-6-8-21(9-7-20)28-16-15-23-11-13-24(14-12-23)29(25,26)22-10-5-18-3-2-4-19(18)17-22/h5-10,17H,2-4,11-16H2,1H3/p+1. The molecule has 0 aromatic heterocycles. The number of aryl methyl sites for hydroxylation is 2. The summed E-state index contributed by atoms with van der Waals surface area (Å²) in [5, 5.41) is 0. The zero-order valence-corrected chi connectivity index (χ0v) is 17.7. The lowest BCUT2D eigenvalue weighted by atomic mass is 10.1. The monoisotopic (exact) mass is 417 g/mol. The smallest absolute Gasteiger partial charge is 0.243 e. The molecule has 2 aromatic carbocycles. The number of piperazine rings is 1. The number of ether oxygens (including phenoxy) is 2. The van der Waals surface area contributed by atoms with Gasteiger partial charge in [-0.3, -0.25) is 0 Å². The Bertz CT molecular complexity index is 936. The molecule has 1 heterocycles. The molecule has 0 amide bonds. The van der Waals surface area contributed by atoms with Crippen molar-refractivity contribution in [3.63, 3.8) is 0 Å². The molecule has 1 aliphatic carbocycles. The summed E-state index contributed by atoms with van der Waals surface area (Å²) < 4.78 is 38.6. The van der Waals surface area contributed by atoms with Crippen LogP contribution in [0, 0.1) is 0 Å². The van der Waals surface area contributed by atoms with Gasteiger partial charge < -0.3 is 14.4 Å². The lowest BCUT2D eigenvalue weighted by molar-refractivity contribution is -0.903. The summed E-state index contributed by atoms with van der Waals surface area (Å²) in [5.41, 5.74) is 2.50. The Morgan fingerprint density at radius 1 is 0.966 bits per heavy atom. The Kier molecular flexibility index (Phi) is 6.08. The largest absolute Gasteiger partial charge is 0.497 e. The Morgan fingerprint density at radius 2 is 1.66 bits per heavy atom. The summed E-state index contributed by atoms with van der Waals surface area (Å²) in [7, 11) is -1.76. The average molecular weight is 418 g/mol. The van der Waals surface area contributed by atoms with Gasteiger partial charge >= 0.3 is 0 Å². The van der Waals surface area contributed by atoms with Gasteiger partial charge in [0.1, 0.15) is 24.7 Å². The summed E-state index contributed by atoms with van der Waals surface area (Å²) in [4.78, 5) is 1.82. The molecule has 0 radical (unpaired) electrons. The number of rotatable bonds is 7. The molecule has 29 heavy (non-hydrogen) atoms. The highest BCUT2D eigenvalue weighted by Gasteiger charge is 2.31. The number of nitrogens with zero attached hydrogens (tertiary/aromatic N) is 1. The van der Waals surface area contributed by atoms with Crippen LogP contribution in [0.15, 0.2) is 47.4 Å². The highest BCUT2D eigenvalue weighted by Crippen LogP contribution is 2.26. The van der Waals surface area contributed by atoms with Gasteiger partial charge in [-0.2, -0.15) is 4.31 Å². The first-order chi connectivity index (χ1) is 14.1. The van der Waals surface area contributed by atoms with Crippen molar-refractivity contribution in [1.29, 1.82) is 0 Å². The van der Waals surface area contributed by atoms with E-state index in [4.69, 9.17) is 9.47 Å². The fraction of sp³-hybridized carbons (Fsp3) is 0.455. The molecule has 0 bridgehead atoms. The second-order valence-electron chi connectivity index (χ2n) is 7.71. The summed E-state index contributed by atoms with van der Waals surface area (Å²) in [5.74, 6) is 1.63. The molecule has 0 spiro atoms. The van der Waals surface area contributed by atoms with E-state index in [1.54, 1.807) is 17.5 Å². The van der Waals surface area contributed by atoms with Crippen molar-refractivity contribution >= 4 is 10.0 Å². The Labute approximate surface area is 173 Å². The van der Waals surface area contributed by atoms with Crippen molar-refractivity contribution in [3.05, 3.63) is 53.6 Å². The van der Waals surface area contributed by atoms with Crippen LogP contribution in [0.25, 0.3) is 0 Å². The topological polar surface area (TPSA) is 60.3 Å². The number of quaternary nitrogens is 1. The van der Waals surface area contributed by atoms with Crippen molar-refractivity contribution in [1.82, 2.24) is 4.31 Å². The molecule has 7 heteroatoms. The summed E-state index contributed by atoms with van der Waals surface area (Å²) >= 11 is 0. The van der Waals surface area contributed by atoms with Crippen LogP contribution in [-0.4, -0.2) is 59.2 Å². The lowest BCUT2D eigenvalue weighted by Crippen LogP contribution is -3.15. The molecule has 1 aliphatic heterocycles. The van der Waals surface area contributed by atoms with Crippen LogP contribution in [0.2, 0.25) is 0 Å². The van der Waals surface area contributed by atoms with Gasteiger partial charge in [0.15, 0.2) is 0 Å². The zero-order chi connectivity index (χ0) is 20.3. The molecule has 0 atom stereocenters. The van der Waals surface area contributed by atoms with E-state index in [9.17, 15) is 8.42 Å². The number of benzene rings is 2. The van der Waals surface area contributed by atoms with Gasteiger partial charge in [-0.05, 0) is 66.8 Å². The first-order valence-corrected chi connectivity index (χ1v) is 11.7. The van der Waals surface area contributed by atoms with E-state index < -0.39 is 10.0 Å². The third kappa shape index (κ3) is 4.57. The fourth-order valence-electron chi connectivity index (χ4n) is 4.14. The Balaban J connectivity index is 1.27. The van der Waals surface area contributed by atoms with Crippen molar-refractivity contribution in [2.24, 2.45) is 0 Å². The highest BCUT2D eigenvalue weighted by molar-refractivity contribution is 7.89. The second-order valence-corrected chi connectivity index (χ2v) is 9.65. The van der Waals surface area contributed by atoms with Crippen LogP contribution in [0.5, 0.6) is 11.5 Å². The summed E-state index contributed by atoms with van der Waals surface area (Å²) in [6.45, 7) is 4.18. The van der Waals surface area contributed by atoms with Crippen molar-refractivity contribution in [2.75, 3.05) is 46.4 Å². The van der Waals surface area contributed by atoms with Gasteiger partial charge in [0.25, 0.3) is 0 Å². The van der Waals surface area contributed by atoms with E-state index in [1.807, 2.05) is 36.4 Å². The van der Waals surface area contributed by atoms with E-state index in [1.165, 1.54) is 16.0 Å². The minimum atomic E-state index is -3.40. The van der Waals surface area contributed by atoms with Gasteiger partial charge in [0.05, 0.1) is 38.2 Å². The number of hydrogen-bond acceptors (Lipinski definition) is 4. The molecule has 1 N–H and O–H groups in total. The normalized spacial score (nSPS) is 17.8. The van der Waals surface area contributed by atoms with Crippen LogP contribution in [0.4, 0.5) is 0 Å². The number of methoxy groups -OCH3 is 1. The predicted octanol–water partition coefficient (Wildman–Crippen LogP) is 1.15. The Hall–Kier alpha value is -2.09. The molecule has 2 aliphatic rings. The third-order valence-corrected chi connectivity index (χ3v) is 7.82. The molecular formula is C22H29N2O4S+. The van der Waals surface area contributed by atoms with Crippen LogP contribution in [0.3, 0.4) is 0 Å². The molecule has 1 saturated heterocycles. The highest BCUT2D eigenvalue weighted by atomic mass is 32.2. The van der Waals surface area contributed by atoms with Crippen LogP contribution in [-0.2, 0) is 22.9 Å². The second kappa shape index (κ2) is 8.73. The van der Waals surface area contributed by atoms with Gasteiger partial charge in [-0.25, -0.2) is 8.42 Å². The summed E-state index contributed by atoms with van der Waals surface area (Å²) in [6, 6.07) is 13.2. The average Bonchev–Trinajstić information content (AvgIpc) is 3.22. The molecule has 156 valence electrons. The number of hydrogen-bond donors (Lipinski definition) is 1. The van der Waals surface area contributed by atoms with Crippen LogP contribution >= 0.6 is 0 Å². The SMILES string of the molecule is COc1ccc(OCC[NH+]2CCN(S(=O)(=O)c3ccc4c(c3)CCC4)CC2)cc1. The van der Waals surface area contributed by atoms with Crippen LogP contribution in [0.1, 0.15) is 17.5 Å². The number of fused-ring (bicyclic) bond motifs is 1. The fourth-order valence-corrected chi connectivity index (χ4v) is 5.63. The maximum atomic E-state index is 13.0. The van der Waals surface area contributed by atoms with Gasteiger partial charge in [-0.1, -0.05) is 6.07 Å². The first-order valence-electron chi connectivity index (χ1n) is 10.3. The maximum absolute atomic E-state index is 13.0. The van der Waals surface area contributed by atoms with Crippen molar-refractivity contribution in [3.8, 4) is 11.5 Å². The first kappa shape index (κ1) is 20.2. The third-order valence-electron chi connectivity index (χ3n) is 5.92. The molecule has 6 nitrogen and oxygen atoms in total.